The lowest BCUT2D eigenvalue weighted by Gasteiger charge is -2.41. The highest BCUT2D eigenvalue weighted by Gasteiger charge is 2.41. The lowest BCUT2D eigenvalue weighted by molar-refractivity contribution is -0.143. The van der Waals surface area contributed by atoms with Gasteiger partial charge in [-0.1, -0.05) is 22.0 Å². The lowest BCUT2D eigenvalue weighted by atomic mass is 9.92. The van der Waals surface area contributed by atoms with Gasteiger partial charge in [0.2, 0.25) is 0 Å². The minimum Gasteiger partial charge on any atom is -0.484 e. The van der Waals surface area contributed by atoms with Crippen LogP contribution in [-0.2, 0) is 4.79 Å². The number of aliphatic carboxylic acids is 1. The lowest BCUT2D eigenvalue weighted by Crippen LogP contribution is -2.64. The van der Waals surface area contributed by atoms with Gasteiger partial charge in [0.25, 0.3) is 0 Å². The maximum Gasteiger partial charge on any atom is 0.307 e. The largest absolute Gasteiger partial charge is 0.484 e. The van der Waals surface area contributed by atoms with E-state index in [4.69, 9.17) is 9.84 Å². The van der Waals surface area contributed by atoms with Gasteiger partial charge in [0.15, 0.2) is 0 Å². The summed E-state index contributed by atoms with van der Waals surface area (Å²) in [4.78, 5) is 10.8. The number of hydrogen-bond donors (Lipinski definition) is 2. The molecule has 17 heavy (non-hydrogen) atoms. The first-order chi connectivity index (χ1) is 8.01. The summed E-state index contributed by atoms with van der Waals surface area (Å²) in [5, 5.41) is 12.0. The van der Waals surface area contributed by atoms with Crippen molar-refractivity contribution in [2.75, 3.05) is 13.1 Å². The molecule has 92 valence electrons. The van der Waals surface area contributed by atoms with E-state index >= 15 is 0 Å². The fourth-order valence-corrected chi connectivity index (χ4v) is 2.17. The monoisotopic (exact) mass is 299 g/mol. The number of nitrogens with one attached hydrogen (secondary N) is 1. The predicted octanol–water partition coefficient (Wildman–Crippen LogP) is 1.95. The Morgan fingerprint density at radius 1 is 1.59 bits per heavy atom. The van der Waals surface area contributed by atoms with Gasteiger partial charge in [-0.05, 0) is 24.6 Å². The van der Waals surface area contributed by atoms with E-state index in [1.54, 1.807) is 0 Å². The summed E-state index contributed by atoms with van der Waals surface area (Å²) in [6, 6.07) is 5.75. The quantitative estimate of drug-likeness (QED) is 0.892. The van der Waals surface area contributed by atoms with Crippen molar-refractivity contribution in [3.63, 3.8) is 0 Å². The molecule has 0 unspecified atom stereocenters. The van der Waals surface area contributed by atoms with E-state index in [2.05, 4.69) is 21.2 Å². The van der Waals surface area contributed by atoms with E-state index in [-0.39, 0.29) is 6.42 Å². The van der Waals surface area contributed by atoms with Gasteiger partial charge in [0.05, 0.1) is 6.42 Å². The molecular formula is C12H14BrNO3. The minimum absolute atomic E-state index is 0.0198. The number of benzene rings is 1. The first-order valence-corrected chi connectivity index (χ1v) is 6.18. The van der Waals surface area contributed by atoms with Crippen LogP contribution in [0.3, 0.4) is 0 Å². The molecule has 5 heteroatoms. The molecule has 2 rings (SSSR count). The van der Waals surface area contributed by atoms with Crippen molar-refractivity contribution in [3.8, 4) is 5.75 Å². The molecule has 1 aliphatic rings. The number of carboxylic acid groups (broad SMARTS) is 1. The molecule has 1 heterocycles. The predicted molar refractivity (Wildman–Crippen MR) is 67.4 cm³/mol. The number of aryl methyl sites for hydroxylation is 1. The summed E-state index contributed by atoms with van der Waals surface area (Å²) in [7, 11) is 0. The molecule has 0 aromatic heterocycles. The van der Waals surface area contributed by atoms with Crippen molar-refractivity contribution < 1.29 is 14.6 Å². The highest BCUT2D eigenvalue weighted by Crippen LogP contribution is 2.30. The van der Waals surface area contributed by atoms with E-state index in [9.17, 15) is 4.79 Å². The molecule has 1 saturated heterocycles. The van der Waals surface area contributed by atoms with Crippen molar-refractivity contribution in [1.29, 1.82) is 0 Å². The first kappa shape index (κ1) is 12.4. The van der Waals surface area contributed by atoms with Gasteiger partial charge >= 0.3 is 5.97 Å². The summed E-state index contributed by atoms with van der Waals surface area (Å²) in [6.07, 6.45) is 0.0198. The zero-order valence-corrected chi connectivity index (χ0v) is 11.1. The average Bonchev–Trinajstić information content (AvgIpc) is 2.19. The summed E-state index contributed by atoms with van der Waals surface area (Å²) in [5.74, 6) is -0.0960. The van der Waals surface area contributed by atoms with E-state index in [0.29, 0.717) is 13.1 Å². The maximum atomic E-state index is 10.8. The molecule has 1 aromatic rings. The Hall–Kier alpha value is -1.07. The molecule has 2 N–H and O–H groups in total. The summed E-state index contributed by atoms with van der Waals surface area (Å²) >= 11 is 3.38. The first-order valence-electron chi connectivity index (χ1n) is 5.38. The summed E-state index contributed by atoms with van der Waals surface area (Å²) in [6.45, 7) is 3.10. The van der Waals surface area contributed by atoms with Crippen LogP contribution in [0.5, 0.6) is 5.75 Å². The maximum absolute atomic E-state index is 10.8. The Bertz CT molecular complexity index is 443. The Labute approximate surface area is 108 Å². The smallest absolute Gasteiger partial charge is 0.307 e. The van der Waals surface area contributed by atoms with E-state index < -0.39 is 11.6 Å². The van der Waals surface area contributed by atoms with Gasteiger partial charge < -0.3 is 15.2 Å². The van der Waals surface area contributed by atoms with Crippen LogP contribution in [-0.4, -0.2) is 29.8 Å². The van der Waals surface area contributed by atoms with Gasteiger partial charge in [0.1, 0.15) is 11.4 Å². The number of ether oxygens (including phenoxy) is 1. The number of hydrogen-bond acceptors (Lipinski definition) is 3. The number of rotatable bonds is 4. The standard InChI is InChI=1S/C12H14BrNO3/c1-8-2-3-9(13)4-10(8)17-12(5-11(15)16)6-14-7-12/h2-4,14H,5-7H2,1H3,(H,15,16). The van der Waals surface area contributed by atoms with Crippen molar-refractivity contribution in [3.05, 3.63) is 28.2 Å². The molecule has 0 spiro atoms. The normalized spacial score (nSPS) is 17.3. The van der Waals surface area contributed by atoms with Crippen LogP contribution in [0.4, 0.5) is 0 Å². The molecule has 0 atom stereocenters. The third kappa shape index (κ3) is 2.79. The molecule has 0 saturated carbocycles. The second-order valence-electron chi connectivity index (χ2n) is 4.37. The van der Waals surface area contributed by atoms with Crippen LogP contribution in [0, 0.1) is 6.92 Å². The fourth-order valence-electron chi connectivity index (χ4n) is 1.83. The summed E-state index contributed by atoms with van der Waals surface area (Å²) in [5.41, 5.74) is 0.405. The van der Waals surface area contributed by atoms with Gasteiger partial charge in [-0.15, -0.1) is 0 Å². The van der Waals surface area contributed by atoms with Crippen molar-refractivity contribution in [2.45, 2.75) is 18.9 Å². The second-order valence-corrected chi connectivity index (χ2v) is 5.28. The molecule has 1 fully saturated rings. The van der Waals surface area contributed by atoms with Crippen LogP contribution >= 0.6 is 15.9 Å². The SMILES string of the molecule is Cc1ccc(Br)cc1OC1(CC(=O)O)CNC1. The molecule has 0 radical (unpaired) electrons. The van der Waals surface area contributed by atoms with Gasteiger partial charge in [-0.3, -0.25) is 4.79 Å². The topological polar surface area (TPSA) is 58.6 Å². The molecule has 0 amide bonds. The van der Waals surface area contributed by atoms with Crippen LogP contribution in [0.25, 0.3) is 0 Å². The van der Waals surface area contributed by atoms with Crippen LogP contribution in [0.2, 0.25) is 0 Å². The number of halogens is 1. The van der Waals surface area contributed by atoms with E-state index in [1.165, 1.54) is 0 Å². The van der Waals surface area contributed by atoms with Gasteiger partial charge in [0, 0.05) is 17.6 Å². The third-order valence-corrected chi connectivity index (χ3v) is 3.34. The molecule has 0 bridgehead atoms. The van der Waals surface area contributed by atoms with Crippen molar-refractivity contribution >= 4 is 21.9 Å². The fraction of sp³-hybridized carbons (Fsp3) is 0.417. The zero-order chi connectivity index (χ0) is 12.5. The third-order valence-electron chi connectivity index (χ3n) is 2.84. The Kier molecular flexibility index (Phi) is 3.40. The average molecular weight is 300 g/mol. The van der Waals surface area contributed by atoms with Crippen molar-refractivity contribution in [2.24, 2.45) is 0 Å². The van der Waals surface area contributed by atoms with Crippen LogP contribution < -0.4 is 10.1 Å². The van der Waals surface area contributed by atoms with Gasteiger partial charge in [-0.25, -0.2) is 0 Å². The van der Waals surface area contributed by atoms with E-state index in [0.717, 1.165) is 15.8 Å². The van der Waals surface area contributed by atoms with Crippen LogP contribution in [0.15, 0.2) is 22.7 Å². The highest BCUT2D eigenvalue weighted by molar-refractivity contribution is 9.10. The zero-order valence-electron chi connectivity index (χ0n) is 9.50. The minimum atomic E-state index is -0.834. The number of carboxylic acids is 1. The number of carbonyl (C=O) groups is 1. The molecule has 0 aliphatic carbocycles. The van der Waals surface area contributed by atoms with E-state index in [1.807, 2.05) is 25.1 Å². The Morgan fingerprint density at radius 2 is 2.29 bits per heavy atom. The summed E-state index contributed by atoms with van der Waals surface area (Å²) < 4.78 is 6.81. The molecular weight excluding hydrogens is 286 g/mol. The highest BCUT2D eigenvalue weighted by atomic mass is 79.9. The van der Waals surface area contributed by atoms with Gasteiger partial charge in [-0.2, -0.15) is 0 Å². The van der Waals surface area contributed by atoms with Crippen molar-refractivity contribution in [1.82, 2.24) is 5.32 Å². The Balaban J connectivity index is 2.18. The Morgan fingerprint density at radius 3 is 2.82 bits per heavy atom. The van der Waals surface area contributed by atoms with Crippen LogP contribution in [0.1, 0.15) is 12.0 Å². The second kappa shape index (κ2) is 4.66. The molecule has 4 nitrogen and oxygen atoms in total. The molecule has 1 aliphatic heterocycles. The molecule has 1 aromatic carbocycles.